The van der Waals surface area contributed by atoms with Crippen molar-refractivity contribution in [2.24, 2.45) is 5.73 Å². The second-order valence-corrected chi connectivity index (χ2v) is 1.63. The molecule has 3 nitrogen and oxygen atoms in total. The van der Waals surface area contributed by atoms with Gasteiger partial charge in [-0.2, -0.15) is 0 Å². The Bertz CT molecular complexity index is 91.6. The second-order valence-electron chi connectivity index (χ2n) is 1.63. The van der Waals surface area contributed by atoms with Gasteiger partial charge in [0, 0.05) is 6.42 Å². The van der Waals surface area contributed by atoms with E-state index in [1.165, 1.54) is 0 Å². The predicted molar refractivity (Wildman–Crippen MR) is 41.8 cm³/mol. The molecule has 0 rings (SSSR count). The number of carboxylic acid groups (broad SMARTS) is 1. The fourth-order valence-corrected chi connectivity index (χ4v) is 0.226. The maximum atomic E-state index is 9.71. The van der Waals surface area contributed by atoms with E-state index in [4.69, 9.17) is 10.8 Å². The number of aliphatic carboxylic acids is 1. The molecule has 0 radical (unpaired) electrons. The van der Waals surface area contributed by atoms with Crippen LogP contribution in [0.25, 0.3) is 0 Å². The van der Waals surface area contributed by atoms with Gasteiger partial charge in [-0.3, -0.25) is 4.79 Å². The molecule has 0 spiro atoms. The van der Waals surface area contributed by atoms with Crippen LogP contribution in [0.2, 0.25) is 0 Å². The fraction of sp³-hybridized carbons (Fsp3) is 0.571. The Labute approximate surface area is 61.5 Å². The van der Waals surface area contributed by atoms with E-state index < -0.39 is 5.97 Å². The van der Waals surface area contributed by atoms with Crippen molar-refractivity contribution in [1.29, 1.82) is 0 Å². The highest BCUT2D eigenvalue weighted by Gasteiger charge is 1.89. The summed E-state index contributed by atoms with van der Waals surface area (Å²) in [4.78, 5) is 9.71. The lowest BCUT2D eigenvalue weighted by molar-refractivity contribution is -0.136. The number of nitrogens with two attached hydrogens (primary N) is 1. The maximum absolute atomic E-state index is 9.71. The summed E-state index contributed by atoms with van der Waals surface area (Å²) in [6, 6.07) is 0. The van der Waals surface area contributed by atoms with E-state index in [0.717, 1.165) is 6.54 Å². The summed E-state index contributed by atoms with van der Waals surface area (Å²) in [7, 11) is 0. The Morgan fingerprint density at radius 2 is 2.20 bits per heavy atom. The van der Waals surface area contributed by atoms with Crippen molar-refractivity contribution in [3.05, 3.63) is 12.7 Å². The van der Waals surface area contributed by atoms with Crippen molar-refractivity contribution in [2.75, 3.05) is 6.54 Å². The minimum Gasteiger partial charge on any atom is -0.481 e. The summed E-state index contributed by atoms with van der Waals surface area (Å²) in [5.41, 5.74) is 4.85. The zero-order valence-electron chi connectivity index (χ0n) is 6.34. The van der Waals surface area contributed by atoms with Gasteiger partial charge in [0.2, 0.25) is 0 Å². The first-order valence-corrected chi connectivity index (χ1v) is 3.21. The topological polar surface area (TPSA) is 63.3 Å². The van der Waals surface area contributed by atoms with E-state index in [2.05, 4.69) is 6.58 Å². The fourth-order valence-electron chi connectivity index (χ4n) is 0.226. The largest absolute Gasteiger partial charge is 0.481 e. The SMILES string of the molecule is C=CCCC(=O)O.CCN. The third kappa shape index (κ3) is 27.2. The van der Waals surface area contributed by atoms with Crippen LogP contribution in [0.1, 0.15) is 19.8 Å². The molecule has 0 amide bonds. The third-order valence-electron chi connectivity index (χ3n) is 0.562. The van der Waals surface area contributed by atoms with E-state index in [-0.39, 0.29) is 6.42 Å². The molecule has 0 aromatic heterocycles. The Morgan fingerprint density at radius 1 is 1.80 bits per heavy atom. The van der Waals surface area contributed by atoms with Gasteiger partial charge in [-0.1, -0.05) is 13.0 Å². The Morgan fingerprint density at radius 3 is 2.30 bits per heavy atom. The van der Waals surface area contributed by atoms with E-state index in [1.54, 1.807) is 6.08 Å². The highest BCUT2D eigenvalue weighted by atomic mass is 16.4. The lowest BCUT2D eigenvalue weighted by Gasteiger charge is -1.82. The van der Waals surface area contributed by atoms with Crippen LogP contribution in [0, 0.1) is 0 Å². The van der Waals surface area contributed by atoms with Crippen LogP contribution in [-0.4, -0.2) is 17.6 Å². The molecule has 3 N–H and O–H groups in total. The maximum Gasteiger partial charge on any atom is 0.303 e. The van der Waals surface area contributed by atoms with Gasteiger partial charge in [0.1, 0.15) is 0 Å². The Balaban J connectivity index is 0. The van der Waals surface area contributed by atoms with Gasteiger partial charge in [-0.25, -0.2) is 0 Å². The number of carboxylic acids is 1. The van der Waals surface area contributed by atoms with Crippen LogP contribution >= 0.6 is 0 Å². The van der Waals surface area contributed by atoms with Crippen molar-refractivity contribution in [1.82, 2.24) is 0 Å². The number of allylic oxidation sites excluding steroid dienone is 1. The molecule has 0 saturated heterocycles. The highest BCUT2D eigenvalue weighted by Crippen LogP contribution is 1.86. The van der Waals surface area contributed by atoms with E-state index in [0.29, 0.717) is 6.42 Å². The van der Waals surface area contributed by atoms with E-state index in [1.807, 2.05) is 6.92 Å². The van der Waals surface area contributed by atoms with Crippen LogP contribution in [0.5, 0.6) is 0 Å². The molecule has 0 aliphatic heterocycles. The van der Waals surface area contributed by atoms with Crippen LogP contribution in [0.3, 0.4) is 0 Å². The van der Waals surface area contributed by atoms with Crippen molar-refractivity contribution >= 4 is 5.97 Å². The molecule has 0 atom stereocenters. The first kappa shape index (κ1) is 11.9. The first-order chi connectivity index (χ1) is 4.68. The summed E-state index contributed by atoms with van der Waals surface area (Å²) in [5.74, 6) is -0.764. The minimum atomic E-state index is -0.764. The predicted octanol–water partition coefficient (Wildman–Crippen LogP) is 1.00. The molecule has 60 valence electrons. The van der Waals surface area contributed by atoms with Gasteiger partial charge in [0.15, 0.2) is 0 Å². The molecule has 0 unspecified atom stereocenters. The zero-order valence-corrected chi connectivity index (χ0v) is 6.34. The van der Waals surface area contributed by atoms with E-state index >= 15 is 0 Å². The molecule has 0 fully saturated rings. The van der Waals surface area contributed by atoms with Crippen LogP contribution < -0.4 is 5.73 Å². The minimum absolute atomic E-state index is 0.198. The van der Waals surface area contributed by atoms with Gasteiger partial charge >= 0.3 is 5.97 Å². The van der Waals surface area contributed by atoms with E-state index in [9.17, 15) is 4.79 Å². The molecule has 0 aromatic carbocycles. The summed E-state index contributed by atoms with van der Waals surface area (Å²) in [6.45, 7) is 6.02. The zero-order chi connectivity index (χ0) is 8.41. The number of hydrogen-bond acceptors (Lipinski definition) is 2. The quantitative estimate of drug-likeness (QED) is 0.582. The Kier molecular flexibility index (Phi) is 13.1. The van der Waals surface area contributed by atoms with Crippen molar-refractivity contribution in [2.45, 2.75) is 19.8 Å². The van der Waals surface area contributed by atoms with Gasteiger partial charge < -0.3 is 10.8 Å². The number of rotatable bonds is 3. The van der Waals surface area contributed by atoms with Crippen LogP contribution in [0.15, 0.2) is 12.7 Å². The molecule has 0 aliphatic rings. The summed E-state index contributed by atoms with van der Waals surface area (Å²) in [5, 5.41) is 8.00. The average molecular weight is 145 g/mol. The molecule has 3 heteroatoms. The number of carbonyl (C=O) groups is 1. The molecular formula is C7H15NO2. The van der Waals surface area contributed by atoms with Crippen molar-refractivity contribution < 1.29 is 9.90 Å². The van der Waals surface area contributed by atoms with Gasteiger partial charge in [0.25, 0.3) is 0 Å². The first-order valence-electron chi connectivity index (χ1n) is 3.21. The van der Waals surface area contributed by atoms with Crippen molar-refractivity contribution in [3.63, 3.8) is 0 Å². The summed E-state index contributed by atoms with van der Waals surface area (Å²) in [6.07, 6.45) is 2.35. The molecule has 0 saturated carbocycles. The monoisotopic (exact) mass is 145 g/mol. The van der Waals surface area contributed by atoms with Gasteiger partial charge in [0.05, 0.1) is 0 Å². The average Bonchev–Trinajstić information content (AvgIpc) is 1.85. The molecule has 0 heterocycles. The smallest absolute Gasteiger partial charge is 0.303 e. The normalized spacial score (nSPS) is 7.40. The molecule has 0 aromatic rings. The highest BCUT2D eigenvalue weighted by molar-refractivity contribution is 5.66. The van der Waals surface area contributed by atoms with Crippen LogP contribution in [0.4, 0.5) is 0 Å². The molecule has 10 heavy (non-hydrogen) atoms. The van der Waals surface area contributed by atoms with Crippen LogP contribution in [-0.2, 0) is 4.79 Å². The molecular weight excluding hydrogens is 130 g/mol. The lowest BCUT2D eigenvalue weighted by Crippen LogP contribution is -1.90. The third-order valence-corrected chi connectivity index (χ3v) is 0.562. The lowest BCUT2D eigenvalue weighted by atomic mass is 10.3. The number of hydrogen-bond donors (Lipinski definition) is 2. The van der Waals surface area contributed by atoms with Gasteiger partial charge in [-0.05, 0) is 13.0 Å². The van der Waals surface area contributed by atoms with Gasteiger partial charge in [-0.15, -0.1) is 6.58 Å². The second kappa shape index (κ2) is 11.0. The summed E-state index contributed by atoms with van der Waals surface area (Å²) < 4.78 is 0. The molecule has 0 bridgehead atoms. The standard InChI is InChI=1S/C5H8O2.C2H7N/c1-2-3-4-5(6)7;1-2-3/h2H,1,3-4H2,(H,6,7);2-3H2,1H3. The van der Waals surface area contributed by atoms with Crippen molar-refractivity contribution in [3.8, 4) is 0 Å². The summed E-state index contributed by atoms with van der Waals surface area (Å²) >= 11 is 0. The Hall–Kier alpha value is -0.830. The molecule has 0 aliphatic carbocycles.